The third-order valence-electron chi connectivity index (χ3n) is 6.34. The van der Waals surface area contributed by atoms with E-state index in [9.17, 15) is 9.59 Å². The van der Waals surface area contributed by atoms with Crippen LogP contribution in [-0.4, -0.2) is 56.9 Å². The zero-order valence-electron chi connectivity index (χ0n) is 17.1. The summed E-state index contributed by atoms with van der Waals surface area (Å²) >= 11 is 0. The fraction of sp³-hybridized carbons (Fsp3) is 0.391. The van der Waals surface area contributed by atoms with Gasteiger partial charge in [-0.1, -0.05) is 42.0 Å². The first-order chi connectivity index (χ1) is 14.5. The Kier molecular flexibility index (Phi) is 4.43. The van der Waals surface area contributed by atoms with E-state index < -0.39 is 17.4 Å². The zero-order chi connectivity index (χ0) is 20.9. The third kappa shape index (κ3) is 3.01. The van der Waals surface area contributed by atoms with Crippen LogP contribution in [0.4, 0.5) is 0 Å². The van der Waals surface area contributed by atoms with E-state index in [-0.39, 0.29) is 17.9 Å². The Morgan fingerprint density at radius 3 is 3.00 bits per heavy atom. The molecule has 2 aromatic rings. The van der Waals surface area contributed by atoms with E-state index in [1.165, 1.54) is 6.33 Å². The Morgan fingerprint density at radius 2 is 2.23 bits per heavy atom. The Hall–Kier alpha value is -3.06. The van der Waals surface area contributed by atoms with E-state index in [0.29, 0.717) is 19.6 Å². The largest absolute Gasteiger partial charge is 0.360 e. The summed E-state index contributed by atoms with van der Waals surface area (Å²) in [6, 6.07) is 9.94. The lowest BCUT2D eigenvalue weighted by Gasteiger charge is -2.27. The summed E-state index contributed by atoms with van der Waals surface area (Å²) in [5, 5.41) is 0. The van der Waals surface area contributed by atoms with Gasteiger partial charge in [-0.3, -0.25) is 9.59 Å². The van der Waals surface area contributed by atoms with Crippen molar-refractivity contribution in [1.29, 1.82) is 0 Å². The highest BCUT2D eigenvalue weighted by atomic mass is 16.5. The minimum Gasteiger partial charge on any atom is -0.360 e. The van der Waals surface area contributed by atoms with Crippen molar-refractivity contribution in [2.45, 2.75) is 31.7 Å². The number of hydrogen-bond donors (Lipinski definition) is 0. The normalized spacial score (nSPS) is 28.8. The minimum absolute atomic E-state index is 0.00265. The molecule has 0 unspecified atom stereocenters. The van der Waals surface area contributed by atoms with Crippen LogP contribution in [0.2, 0.25) is 0 Å². The fourth-order valence-electron chi connectivity index (χ4n) is 5.01. The number of carbonyl (C=O) groups is 2. The van der Waals surface area contributed by atoms with Gasteiger partial charge in [0.2, 0.25) is 11.8 Å². The molecular formula is C23H24N4O3. The van der Waals surface area contributed by atoms with Gasteiger partial charge >= 0.3 is 0 Å². The van der Waals surface area contributed by atoms with Crippen LogP contribution in [0, 0.1) is 18.8 Å². The highest BCUT2D eigenvalue weighted by Gasteiger charge is 2.67. The summed E-state index contributed by atoms with van der Waals surface area (Å²) in [6.45, 7) is 3.42. The number of nitrogens with zero attached hydrogens (tertiary/aromatic N) is 4. The van der Waals surface area contributed by atoms with Crippen molar-refractivity contribution in [3.63, 3.8) is 0 Å². The molecule has 3 aliphatic rings. The van der Waals surface area contributed by atoms with Crippen LogP contribution in [0.1, 0.15) is 16.8 Å². The number of ether oxygens (including phenoxy) is 1. The highest BCUT2D eigenvalue weighted by Crippen LogP contribution is 2.52. The summed E-state index contributed by atoms with van der Waals surface area (Å²) in [5.74, 6) is -1.06. The number of carbonyl (C=O) groups excluding carboxylic acids is 2. The monoisotopic (exact) mass is 404 g/mol. The van der Waals surface area contributed by atoms with Crippen LogP contribution in [-0.2, 0) is 27.4 Å². The van der Waals surface area contributed by atoms with Crippen LogP contribution in [0.5, 0.6) is 0 Å². The fourth-order valence-corrected chi connectivity index (χ4v) is 5.01. The molecule has 3 aliphatic heterocycles. The SMILES string of the molecule is Cc1cccc(CN2C[C@]34C=C[C@H](O3)[C@H](C(=O)N(C)Cc3ccncn3)[C@H]4C2=O)c1. The number of benzene rings is 1. The molecule has 7 nitrogen and oxygen atoms in total. The summed E-state index contributed by atoms with van der Waals surface area (Å²) in [7, 11) is 1.75. The van der Waals surface area contributed by atoms with Crippen molar-refractivity contribution < 1.29 is 14.3 Å². The van der Waals surface area contributed by atoms with Gasteiger partial charge < -0.3 is 14.5 Å². The predicted molar refractivity (Wildman–Crippen MR) is 109 cm³/mol. The lowest BCUT2D eigenvalue weighted by Crippen LogP contribution is -2.44. The van der Waals surface area contributed by atoms with Crippen LogP contribution in [0.15, 0.2) is 55.0 Å². The number of likely N-dealkylation sites (tertiary alicyclic amines) is 1. The molecule has 4 atom stereocenters. The molecule has 2 amide bonds. The maximum atomic E-state index is 13.4. The Bertz CT molecular complexity index is 1020. The lowest BCUT2D eigenvalue weighted by molar-refractivity contribution is -0.142. The van der Waals surface area contributed by atoms with E-state index in [4.69, 9.17) is 4.74 Å². The molecular weight excluding hydrogens is 380 g/mol. The molecule has 7 heteroatoms. The van der Waals surface area contributed by atoms with Crippen LogP contribution >= 0.6 is 0 Å². The third-order valence-corrected chi connectivity index (χ3v) is 6.34. The quantitative estimate of drug-likeness (QED) is 0.710. The zero-order valence-corrected chi connectivity index (χ0v) is 17.1. The number of fused-ring (bicyclic) bond motifs is 1. The average Bonchev–Trinajstić information content (AvgIpc) is 3.37. The first kappa shape index (κ1) is 18.9. The molecule has 0 N–H and O–H groups in total. The van der Waals surface area contributed by atoms with Crippen molar-refractivity contribution in [3.8, 4) is 0 Å². The van der Waals surface area contributed by atoms with Gasteiger partial charge in [0.25, 0.3) is 0 Å². The molecule has 4 heterocycles. The van der Waals surface area contributed by atoms with E-state index in [1.54, 1.807) is 24.2 Å². The van der Waals surface area contributed by atoms with E-state index >= 15 is 0 Å². The first-order valence-electron chi connectivity index (χ1n) is 10.2. The molecule has 2 bridgehead atoms. The summed E-state index contributed by atoms with van der Waals surface area (Å²) in [4.78, 5) is 38.3. The summed E-state index contributed by atoms with van der Waals surface area (Å²) < 4.78 is 6.23. The molecule has 2 fully saturated rings. The molecule has 0 radical (unpaired) electrons. The second-order valence-electron chi connectivity index (χ2n) is 8.48. The topological polar surface area (TPSA) is 75.6 Å². The van der Waals surface area contributed by atoms with Crippen LogP contribution in [0.3, 0.4) is 0 Å². The molecule has 0 saturated carbocycles. The Balaban J connectivity index is 1.36. The van der Waals surface area contributed by atoms with Gasteiger partial charge in [-0.15, -0.1) is 0 Å². The number of aryl methyl sites for hydroxylation is 1. The van der Waals surface area contributed by atoms with Crippen LogP contribution in [0.25, 0.3) is 0 Å². The molecule has 154 valence electrons. The number of aromatic nitrogens is 2. The standard InChI is InChI=1S/C23H24N4O3/c1-15-4-3-5-16(10-15)11-27-13-23-8-6-18(30-23)19(20(23)22(27)29)21(28)26(2)12-17-7-9-24-14-25-17/h3-10,14,18-20H,11-13H2,1-2H3/t18-,19-,20-,23-/m0/s1. The molecule has 1 spiro atoms. The van der Waals surface area contributed by atoms with Crippen molar-refractivity contribution in [3.05, 3.63) is 71.8 Å². The van der Waals surface area contributed by atoms with E-state index in [2.05, 4.69) is 16.0 Å². The van der Waals surface area contributed by atoms with Gasteiger partial charge in [0.05, 0.1) is 36.7 Å². The first-order valence-corrected chi connectivity index (χ1v) is 10.2. The van der Waals surface area contributed by atoms with Crippen molar-refractivity contribution >= 4 is 11.8 Å². The molecule has 30 heavy (non-hydrogen) atoms. The maximum Gasteiger partial charge on any atom is 0.230 e. The number of amides is 2. The van der Waals surface area contributed by atoms with Gasteiger partial charge in [-0.25, -0.2) is 9.97 Å². The molecule has 1 aromatic heterocycles. The molecule has 0 aliphatic carbocycles. The number of hydrogen-bond acceptors (Lipinski definition) is 5. The molecule has 2 saturated heterocycles. The van der Waals surface area contributed by atoms with E-state index in [0.717, 1.165) is 16.8 Å². The summed E-state index contributed by atoms with van der Waals surface area (Å²) in [6.07, 6.45) is 6.71. The van der Waals surface area contributed by atoms with Crippen molar-refractivity contribution in [1.82, 2.24) is 19.8 Å². The average molecular weight is 404 g/mol. The second kappa shape index (κ2) is 7.02. The predicted octanol–water partition coefficient (Wildman–Crippen LogP) is 1.73. The second-order valence-corrected chi connectivity index (χ2v) is 8.48. The minimum atomic E-state index is -0.693. The van der Waals surface area contributed by atoms with Gasteiger partial charge in [0.1, 0.15) is 11.9 Å². The van der Waals surface area contributed by atoms with Gasteiger partial charge in [0.15, 0.2) is 0 Å². The van der Waals surface area contributed by atoms with E-state index in [1.807, 2.05) is 42.2 Å². The summed E-state index contributed by atoms with van der Waals surface area (Å²) in [5.41, 5.74) is 2.31. The van der Waals surface area contributed by atoms with Crippen molar-refractivity contribution in [2.75, 3.05) is 13.6 Å². The smallest absolute Gasteiger partial charge is 0.230 e. The number of rotatable bonds is 5. The molecule has 5 rings (SSSR count). The highest BCUT2D eigenvalue weighted by molar-refractivity contribution is 5.93. The van der Waals surface area contributed by atoms with Gasteiger partial charge in [0, 0.05) is 19.8 Å². The van der Waals surface area contributed by atoms with Gasteiger partial charge in [-0.05, 0) is 18.6 Å². The Labute approximate surface area is 175 Å². The molecule has 1 aromatic carbocycles. The lowest BCUT2D eigenvalue weighted by atomic mass is 9.76. The maximum absolute atomic E-state index is 13.4. The van der Waals surface area contributed by atoms with Crippen LogP contribution < -0.4 is 0 Å². The van der Waals surface area contributed by atoms with Gasteiger partial charge in [-0.2, -0.15) is 0 Å². The van der Waals surface area contributed by atoms with Crippen molar-refractivity contribution in [2.24, 2.45) is 11.8 Å². The Morgan fingerprint density at radius 1 is 1.37 bits per heavy atom.